The first-order chi connectivity index (χ1) is 12.9. The van der Waals surface area contributed by atoms with Crippen molar-refractivity contribution >= 4 is 14.3 Å². The van der Waals surface area contributed by atoms with Crippen molar-refractivity contribution in [3.8, 4) is 0 Å². The summed E-state index contributed by atoms with van der Waals surface area (Å²) < 4.78 is 0. The van der Waals surface area contributed by atoms with E-state index in [1.54, 1.807) is 52.9 Å². The molecular weight excluding hydrogens is 310 g/mol. The van der Waals surface area contributed by atoms with Gasteiger partial charge in [0.2, 0.25) is 0 Å². The Labute approximate surface area is 166 Å². The summed E-state index contributed by atoms with van der Waals surface area (Å²) in [6, 6.07) is 0. The average molecular weight is 356 g/mol. The van der Waals surface area contributed by atoms with Crippen molar-refractivity contribution in [2.24, 2.45) is 5.92 Å². The van der Waals surface area contributed by atoms with Gasteiger partial charge in [-0.2, -0.15) is 0 Å². The highest BCUT2D eigenvalue weighted by Crippen LogP contribution is 2.61. The van der Waals surface area contributed by atoms with Gasteiger partial charge in [0, 0.05) is 0 Å². The van der Waals surface area contributed by atoms with Gasteiger partial charge in [-0.15, -0.1) is 0 Å². The Kier molecular flexibility index (Phi) is 9.51. The molecule has 0 bridgehead atoms. The normalized spacial score (nSPS) is 27.8. The standard InChI is InChI=1S/C24H46B2/c1-2-4-10-14-18-23(19-15-11-5-3-1)25-26-24(20-21-24)22-16-12-8-6-7-9-13-17-22/h22-23,25-26H,1-21H2. The van der Waals surface area contributed by atoms with Gasteiger partial charge in [0.15, 0.2) is 0 Å². The molecule has 0 aromatic heterocycles. The van der Waals surface area contributed by atoms with Crippen LogP contribution in [0.3, 0.4) is 0 Å². The summed E-state index contributed by atoms with van der Waals surface area (Å²) >= 11 is 0. The SMILES string of the molecule is B(BC1(C2CCCCCCCC2)CC1)C1CCCCCCCCCCC1. The molecule has 3 saturated carbocycles. The second kappa shape index (κ2) is 11.9. The molecule has 0 aromatic rings. The highest BCUT2D eigenvalue weighted by atomic mass is 14.4. The van der Waals surface area contributed by atoms with E-state index in [0.29, 0.717) is 0 Å². The maximum absolute atomic E-state index is 1.60. The molecule has 0 radical (unpaired) electrons. The van der Waals surface area contributed by atoms with Crippen molar-refractivity contribution in [3.05, 3.63) is 0 Å². The minimum atomic E-state index is 0.827. The molecule has 3 aliphatic carbocycles. The minimum absolute atomic E-state index is 0.827. The van der Waals surface area contributed by atoms with E-state index in [0.717, 1.165) is 17.0 Å². The lowest BCUT2D eigenvalue weighted by molar-refractivity contribution is 0.391. The van der Waals surface area contributed by atoms with Crippen molar-refractivity contribution in [2.45, 2.75) is 146 Å². The van der Waals surface area contributed by atoms with Crippen LogP contribution in [0, 0.1) is 5.92 Å². The van der Waals surface area contributed by atoms with E-state index in [-0.39, 0.29) is 0 Å². The van der Waals surface area contributed by atoms with Gasteiger partial charge in [-0.25, -0.2) is 0 Å². The van der Waals surface area contributed by atoms with Crippen LogP contribution in [0.2, 0.25) is 11.1 Å². The van der Waals surface area contributed by atoms with Crippen molar-refractivity contribution < 1.29 is 0 Å². The van der Waals surface area contributed by atoms with E-state index in [9.17, 15) is 0 Å². The van der Waals surface area contributed by atoms with Crippen LogP contribution in [-0.4, -0.2) is 14.3 Å². The number of rotatable bonds is 4. The Bertz CT molecular complexity index is 341. The zero-order valence-corrected chi connectivity index (χ0v) is 17.9. The Morgan fingerprint density at radius 2 is 0.846 bits per heavy atom. The number of hydrogen-bond acceptors (Lipinski definition) is 0. The predicted molar refractivity (Wildman–Crippen MR) is 121 cm³/mol. The van der Waals surface area contributed by atoms with Crippen LogP contribution < -0.4 is 0 Å². The summed E-state index contributed by atoms with van der Waals surface area (Å²) in [5.41, 5.74) is 0. The summed E-state index contributed by atoms with van der Waals surface area (Å²) in [6.07, 6.45) is 32.2. The van der Waals surface area contributed by atoms with Crippen LogP contribution in [-0.2, 0) is 0 Å². The summed E-state index contributed by atoms with van der Waals surface area (Å²) in [7, 11) is 3.18. The van der Waals surface area contributed by atoms with E-state index in [4.69, 9.17) is 0 Å². The zero-order chi connectivity index (χ0) is 17.9. The van der Waals surface area contributed by atoms with Crippen LogP contribution in [0.15, 0.2) is 0 Å². The fourth-order valence-electron chi connectivity index (χ4n) is 6.30. The lowest BCUT2D eigenvalue weighted by Gasteiger charge is -2.28. The Morgan fingerprint density at radius 3 is 1.27 bits per heavy atom. The van der Waals surface area contributed by atoms with Gasteiger partial charge in [0.1, 0.15) is 0 Å². The molecule has 3 rings (SSSR count). The number of hydrogen-bond donors (Lipinski definition) is 0. The van der Waals surface area contributed by atoms with Crippen molar-refractivity contribution in [1.82, 2.24) is 0 Å². The Balaban J connectivity index is 1.45. The van der Waals surface area contributed by atoms with Gasteiger partial charge in [-0.05, 0) is 5.92 Å². The van der Waals surface area contributed by atoms with E-state index in [2.05, 4.69) is 0 Å². The highest BCUT2D eigenvalue weighted by molar-refractivity contribution is 7.03. The third-order valence-electron chi connectivity index (χ3n) is 8.39. The minimum Gasteiger partial charge on any atom is -0.0733 e. The third kappa shape index (κ3) is 7.27. The molecule has 0 saturated heterocycles. The first-order valence-corrected chi connectivity index (χ1v) is 12.9. The lowest BCUT2D eigenvalue weighted by atomic mass is 9.25. The zero-order valence-electron chi connectivity index (χ0n) is 17.9. The monoisotopic (exact) mass is 356 g/mol. The van der Waals surface area contributed by atoms with Gasteiger partial charge in [0.05, 0.1) is 14.3 Å². The molecule has 0 atom stereocenters. The first-order valence-electron chi connectivity index (χ1n) is 12.9. The molecule has 148 valence electrons. The quantitative estimate of drug-likeness (QED) is 0.456. The molecule has 3 fully saturated rings. The van der Waals surface area contributed by atoms with E-state index < -0.39 is 0 Å². The molecule has 0 amide bonds. The van der Waals surface area contributed by atoms with Crippen LogP contribution in [0.25, 0.3) is 0 Å². The van der Waals surface area contributed by atoms with Crippen LogP contribution in [0.1, 0.15) is 135 Å². The van der Waals surface area contributed by atoms with Crippen LogP contribution in [0.5, 0.6) is 0 Å². The molecule has 0 aromatic carbocycles. The molecule has 0 N–H and O–H groups in total. The molecule has 0 unspecified atom stereocenters. The summed E-state index contributed by atoms with van der Waals surface area (Å²) in [6.45, 7) is 0. The van der Waals surface area contributed by atoms with Gasteiger partial charge in [-0.3, -0.25) is 0 Å². The predicted octanol–water partition coefficient (Wildman–Crippen LogP) is 7.57. The molecule has 26 heavy (non-hydrogen) atoms. The average Bonchev–Trinajstić information content (AvgIpc) is 3.40. The molecule has 0 spiro atoms. The molecule has 0 aliphatic heterocycles. The first kappa shape index (κ1) is 20.9. The molecular formula is C24H46B2. The van der Waals surface area contributed by atoms with Crippen molar-refractivity contribution in [3.63, 3.8) is 0 Å². The summed E-state index contributed by atoms with van der Waals surface area (Å²) in [5.74, 6) is 2.18. The van der Waals surface area contributed by atoms with Crippen LogP contribution in [0.4, 0.5) is 0 Å². The second-order valence-corrected chi connectivity index (χ2v) is 10.4. The summed E-state index contributed by atoms with van der Waals surface area (Å²) in [5, 5.41) is 0.827. The van der Waals surface area contributed by atoms with Gasteiger partial charge >= 0.3 is 0 Å². The third-order valence-corrected chi connectivity index (χ3v) is 8.39. The smallest absolute Gasteiger partial charge is 0.0733 e. The van der Waals surface area contributed by atoms with Crippen LogP contribution >= 0.6 is 0 Å². The topological polar surface area (TPSA) is 0 Å². The van der Waals surface area contributed by atoms with E-state index >= 15 is 0 Å². The second-order valence-electron chi connectivity index (χ2n) is 10.4. The Morgan fingerprint density at radius 1 is 0.462 bits per heavy atom. The molecule has 2 heteroatoms. The van der Waals surface area contributed by atoms with Gasteiger partial charge < -0.3 is 0 Å². The molecule has 0 heterocycles. The van der Waals surface area contributed by atoms with Crippen molar-refractivity contribution in [1.29, 1.82) is 0 Å². The van der Waals surface area contributed by atoms with E-state index in [1.165, 1.54) is 96.3 Å². The van der Waals surface area contributed by atoms with Gasteiger partial charge in [-0.1, -0.05) is 146 Å². The largest absolute Gasteiger partial charge is 0.0952 e. The van der Waals surface area contributed by atoms with Gasteiger partial charge in [0.25, 0.3) is 0 Å². The fourth-order valence-corrected chi connectivity index (χ4v) is 6.30. The Hall–Kier alpha value is 0.130. The lowest BCUT2D eigenvalue weighted by Crippen LogP contribution is -2.24. The molecule has 3 aliphatic rings. The maximum Gasteiger partial charge on any atom is 0.0952 e. The maximum atomic E-state index is 1.60. The summed E-state index contributed by atoms with van der Waals surface area (Å²) in [4.78, 5) is 0. The molecule has 0 nitrogen and oxygen atoms in total. The van der Waals surface area contributed by atoms with Crippen molar-refractivity contribution in [2.75, 3.05) is 0 Å². The van der Waals surface area contributed by atoms with E-state index in [1.807, 2.05) is 0 Å². The fraction of sp³-hybridized carbons (Fsp3) is 1.00. The highest BCUT2D eigenvalue weighted by Gasteiger charge is 2.48.